The Morgan fingerprint density at radius 2 is 1.81 bits per heavy atom. The predicted octanol–water partition coefficient (Wildman–Crippen LogP) is 4.58. The summed E-state index contributed by atoms with van der Waals surface area (Å²) >= 11 is 6.28. The molecule has 1 fully saturated rings. The minimum Gasteiger partial charge on any atom is -0.366 e. The van der Waals surface area contributed by atoms with Gasteiger partial charge in [-0.25, -0.2) is 0 Å². The van der Waals surface area contributed by atoms with Crippen molar-refractivity contribution in [3.8, 4) is 0 Å². The van der Waals surface area contributed by atoms with Gasteiger partial charge in [0.05, 0.1) is 15.5 Å². The van der Waals surface area contributed by atoms with Crippen LogP contribution in [-0.2, 0) is 0 Å². The Kier molecular flexibility index (Phi) is 7.12. The lowest BCUT2D eigenvalue weighted by molar-refractivity contribution is -0.384. The van der Waals surface area contributed by atoms with Gasteiger partial charge in [-0.15, -0.1) is 0 Å². The largest absolute Gasteiger partial charge is 0.366 e. The molecule has 0 aliphatic carbocycles. The molecule has 8 nitrogen and oxygen atoms in total. The highest BCUT2D eigenvalue weighted by atomic mass is 35.5. The summed E-state index contributed by atoms with van der Waals surface area (Å²) in [5.74, 6) is -0.670. The zero-order chi connectivity index (χ0) is 22.5. The lowest BCUT2D eigenvalue weighted by Crippen LogP contribution is -2.30. The van der Waals surface area contributed by atoms with Gasteiger partial charge in [0, 0.05) is 43.5 Å². The van der Waals surface area contributed by atoms with E-state index in [-0.39, 0.29) is 22.2 Å². The molecule has 1 aliphatic heterocycles. The van der Waals surface area contributed by atoms with E-state index in [4.69, 9.17) is 11.6 Å². The summed E-state index contributed by atoms with van der Waals surface area (Å²) in [7, 11) is 0. The van der Waals surface area contributed by atoms with Crippen LogP contribution < -0.4 is 10.2 Å². The number of hydrogen-bond acceptors (Lipinski definition) is 5. The molecule has 1 saturated heterocycles. The predicted molar refractivity (Wildman–Crippen MR) is 121 cm³/mol. The molecule has 0 bridgehead atoms. The Balaban J connectivity index is 1.80. The molecule has 1 N–H and O–H groups in total. The first-order valence-electron chi connectivity index (χ1n) is 10.3. The molecule has 0 radical (unpaired) electrons. The van der Waals surface area contributed by atoms with Crippen molar-refractivity contribution in [2.24, 2.45) is 0 Å². The Morgan fingerprint density at radius 3 is 2.39 bits per heavy atom. The van der Waals surface area contributed by atoms with Gasteiger partial charge in [-0.3, -0.25) is 19.7 Å². The van der Waals surface area contributed by atoms with Crippen LogP contribution in [0.3, 0.4) is 0 Å². The molecule has 1 heterocycles. The number of rotatable bonds is 7. The number of nitrogens with zero attached hydrogens (tertiary/aromatic N) is 3. The van der Waals surface area contributed by atoms with Gasteiger partial charge in [-0.2, -0.15) is 0 Å². The summed E-state index contributed by atoms with van der Waals surface area (Å²) in [5, 5.41) is 14.5. The van der Waals surface area contributed by atoms with Gasteiger partial charge in [-0.1, -0.05) is 11.6 Å². The molecule has 0 aromatic heterocycles. The first-order chi connectivity index (χ1) is 14.8. The Labute approximate surface area is 185 Å². The van der Waals surface area contributed by atoms with Crippen molar-refractivity contribution < 1.29 is 14.5 Å². The number of carbonyl (C=O) groups is 2. The summed E-state index contributed by atoms with van der Waals surface area (Å²) in [6.45, 7) is 6.44. The summed E-state index contributed by atoms with van der Waals surface area (Å²) in [6.07, 6.45) is 1.99. The van der Waals surface area contributed by atoms with Gasteiger partial charge in [0.15, 0.2) is 0 Å². The van der Waals surface area contributed by atoms with Crippen molar-refractivity contribution in [1.29, 1.82) is 0 Å². The maximum absolute atomic E-state index is 12.7. The van der Waals surface area contributed by atoms with Crippen LogP contribution >= 0.6 is 11.6 Å². The van der Waals surface area contributed by atoms with Gasteiger partial charge in [-0.05, 0) is 57.0 Å². The number of carbonyl (C=O) groups excluding carboxylic acids is 2. The molecule has 31 heavy (non-hydrogen) atoms. The highest BCUT2D eigenvalue weighted by Gasteiger charge is 2.24. The smallest absolute Gasteiger partial charge is 0.293 e. The summed E-state index contributed by atoms with van der Waals surface area (Å²) < 4.78 is 0. The van der Waals surface area contributed by atoms with E-state index in [1.54, 1.807) is 29.2 Å². The van der Waals surface area contributed by atoms with Gasteiger partial charge in [0.25, 0.3) is 17.5 Å². The van der Waals surface area contributed by atoms with E-state index in [0.29, 0.717) is 30.0 Å². The number of hydrogen-bond donors (Lipinski definition) is 1. The first-order valence-corrected chi connectivity index (χ1v) is 10.7. The molecule has 9 heteroatoms. The molecule has 0 atom stereocenters. The number of benzene rings is 2. The third-order valence-corrected chi connectivity index (χ3v) is 5.70. The van der Waals surface area contributed by atoms with E-state index in [9.17, 15) is 19.7 Å². The minimum absolute atomic E-state index is 0.0900. The maximum atomic E-state index is 12.7. The van der Waals surface area contributed by atoms with Gasteiger partial charge < -0.3 is 15.1 Å². The number of nitrogens with one attached hydrogen (secondary N) is 1. The molecule has 2 aromatic rings. The molecule has 2 amide bonds. The van der Waals surface area contributed by atoms with Crippen LogP contribution in [0.4, 0.5) is 17.1 Å². The van der Waals surface area contributed by atoms with Gasteiger partial charge in [0.2, 0.25) is 0 Å². The molecule has 1 aliphatic rings. The number of amides is 2. The Bertz CT molecular complexity index is 1000. The number of nitro benzene ring substituents is 1. The zero-order valence-corrected chi connectivity index (χ0v) is 18.3. The highest BCUT2D eigenvalue weighted by molar-refractivity contribution is 6.34. The maximum Gasteiger partial charge on any atom is 0.293 e. The van der Waals surface area contributed by atoms with Crippen LogP contribution in [0.5, 0.6) is 0 Å². The molecule has 164 valence electrons. The second-order valence-corrected chi connectivity index (χ2v) is 7.69. The average molecular weight is 445 g/mol. The summed E-state index contributed by atoms with van der Waals surface area (Å²) in [6, 6.07) is 9.16. The standard InChI is InChI=1S/C22H25ClN4O4/c1-3-25(4-2)22(29)17-9-8-16(14-18(17)23)24-21(28)15-7-10-19(20(13-15)27(30)31)26-11-5-6-12-26/h7-10,13-14H,3-6,11-12H2,1-2H3,(H,24,28). The second kappa shape index (κ2) is 9.78. The lowest BCUT2D eigenvalue weighted by Gasteiger charge is -2.19. The number of halogens is 1. The van der Waals surface area contributed by atoms with E-state index >= 15 is 0 Å². The number of anilines is 2. The van der Waals surface area contributed by atoms with E-state index in [0.717, 1.165) is 25.9 Å². The van der Waals surface area contributed by atoms with Crippen molar-refractivity contribution in [3.63, 3.8) is 0 Å². The quantitative estimate of drug-likeness (QED) is 0.498. The molecular formula is C22H25ClN4O4. The summed E-state index contributed by atoms with van der Waals surface area (Å²) in [4.78, 5) is 39.9. The first kappa shape index (κ1) is 22.6. The molecule has 0 saturated carbocycles. The second-order valence-electron chi connectivity index (χ2n) is 7.28. The zero-order valence-electron chi connectivity index (χ0n) is 17.6. The van der Waals surface area contributed by atoms with Gasteiger partial charge >= 0.3 is 0 Å². The van der Waals surface area contributed by atoms with E-state index in [1.165, 1.54) is 12.1 Å². The summed E-state index contributed by atoms with van der Waals surface area (Å²) in [5.41, 5.74) is 1.37. The normalized spacial score (nSPS) is 13.2. The topological polar surface area (TPSA) is 95.8 Å². The van der Waals surface area contributed by atoms with Crippen LogP contribution in [0, 0.1) is 10.1 Å². The van der Waals surface area contributed by atoms with Crippen molar-refractivity contribution in [2.75, 3.05) is 36.4 Å². The monoisotopic (exact) mass is 444 g/mol. The molecule has 2 aromatic carbocycles. The molecule has 0 spiro atoms. The van der Waals surface area contributed by atoms with Crippen LogP contribution in [0.2, 0.25) is 5.02 Å². The molecule has 0 unspecified atom stereocenters. The minimum atomic E-state index is -0.491. The Hall–Kier alpha value is -3.13. The fourth-order valence-electron chi connectivity index (χ4n) is 3.69. The molecular weight excluding hydrogens is 420 g/mol. The van der Waals surface area contributed by atoms with Gasteiger partial charge in [0.1, 0.15) is 5.69 Å². The Morgan fingerprint density at radius 1 is 1.13 bits per heavy atom. The lowest BCUT2D eigenvalue weighted by atomic mass is 10.1. The van der Waals surface area contributed by atoms with Crippen LogP contribution in [-0.4, -0.2) is 47.8 Å². The fourth-order valence-corrected chi connectivity index (χ4v) is 3.95. The fraction of sp³-hybridized carbons (Fsp3) is 0.364. The van der Waals surface area contributed by atoms with E-state index < -0.39 is 10.8 Å². The van der Waals surface area contributed by atoms with Crippen LogP contribution in [0.1, 0.15) is 47.4 Å². The van der Waals surface area contributed by atoms with Crippen molar-refractivity contribution >= 4 is 40.5 Å². The number of nitro groups is 1. The molecule has 3 rings (SSSR count). The van der Waals surface area contributed by atoms with Crippen LogP contribution in [0.15, 0.2) is 36.4 Å². The van der Waals surface area contributed by atoms with Crippen molar-refractivity contribution in [3.05, 3.63) is 62.7 Å². The highest BCUT2D eigenvalue weighted by Crippen LogP contribution is 2.32. The third kappa shape index (κ3) is 4.96. The van der Waals surface area contributed by atoms with E-state index in [1.807, 2.05) is 18.7 Å². The third-order valence-electron chi connectivity index (χ3n) is 5.39. The van der Waals surface area contributed by atoms with Crippen LogP contribution in [0.25, 0.3) is 0 Å². The SMILES string of the molecule is CCN(CC)C(=O)c1ccc(NC(=O)c2ccc(N3CCCC3)c([N+](=O)[O-])c2)cc1Cl. The van der Waals surface area contributed by atoms with E-state index in [2.05, 4.69) is 5.32 Å². The average Bonchev–Trinajstić information content (AvgIpc) is 3.29. The van der Waals surface area contributed by atoms with Crippen molar-refractivity contribution in [1.82, 2.24) is 4.90 Å². The van der Waals surface area contributed by atoms with Crippen molar-refractivity contribution in [2.45, 2.75) is 26.7 Å².